The predicted molar refractivity (Wildman–Crippen MR) is 117 cm³/mol. The van der Waals surface area contributed by atoms with E-state index in [1.807, 2.05) is 24.3 Å². The summed E-state index contributed by atoms with van der Waals surface area (Å²) in [6, 6.07) is 17.6. The quantitative estimate of drug-likeness (QED) is 0.689. The highest BCUT2D eigenvalue weighted by molar-refractivity contribution is 7.90. The van der Waals surface area contributed by atoms with Crippen molar-refractivity contribution in [2.45, 2.75) is 29.7 Å². The van der Waals surface area contributed by atoms with E-state index >= 15 is 0 Å². The number of benzene rings is 2. The molecule has 3 aliphatic rings. The molecule has 0 unspecified atom stereocenters. The fraction of sp³-hybridized carbons (Fsp3) is 0.500. The zero-order valence-electron chi connectivity index (χ0n) is 17.6. The zero-order valence-corrected chi connectivity index (χ0v) is 18.4. The number of hydrogen-bond acceptors (Lipinski definition) is 4. The second-order valence-corrected chi connectivity index (χ2v) is 11.4. The number of rotatable bonds is 5. The molecule has 1 heterocycles. The highest BCUT2D eigenvalue weighted by atomic mass is 32.2. The molecular formula is C24H28F2N2O2S. The number of fused-ring (bicyclic) bond motifs is 1. The van der Waals surface area contributed by atoms with Crippen LogP contribution in [0, 0.1) is 17.8 Å². The second-order valence-electron chi connectivity index (χ2n) is 9.36. The summed E-state index contributed by atoms with van der Waals surface area (Å²) < 4.78 is 51.2. The molecule has 2 aliphatic carbocycles. The molecule has 0 aromatic heterocycles. The summed E-state index contributed by atoms with van der Waals surface area (Å²) in [5.41, 5.74) is 2.12. The number of alkyl halides is 2. The molecule has 1 aliphatic heterocycles. The van der Waals surface area contributed by atoms with E-state index in [2.05, 4.69) is 21.9 Å². The molecule has 0 bridgehead atoms. The van der Waals surface area contributed by atoms with Crippen molar-refractivity contribution in [3.05, 3.63) is 60.2 Å². The lowest BCUT2D eigenvalue weighted by molar-refractivity contribution is 0.0546. The third kappa shape index (κ3) is 3.98. The van der Waals surface area contributed by atoms with E-state index in [0.29, 0.717) is 23.7 Å². The van der Waals surface area contributed by atoms with E-state index < -0.39 is 27.6 Å². The molecular weight excluding hydrogens is 418 g/mol. The molecule has 166 valence electrons. The largest absolute Gasteiger partial charge is 0.368 e. The first kappa shape index (κ1) is 20.9. The minimum atomic E-state index is -3.27. The van der Waals surface area contributed by atoms with Crippen LogP contribution >= 0.6 is 0 Å². The first-order valence-corrected chi connectivity index (χ1v) is 12.8. The smallest absolute Gasteiger partial charge is 0.254 e. The van der Waals surface area contributed by atoms with Gasteiger partial charge in [0.1, 0.15) is 0 Å². The van der Waals surface area contributed by atoms with E-state index in [4.69, 9.17) is 0 Å². The normalized spacial score (nSPS) is 28.5. The summed E-state index contributed by atoms with van der Waals surface area (Å²) in [6.45, 7) is 3.20. The molecule has 3 atom stereocenters. The zero-order chi connectivity index (χ0) is 21.8. The average molecular weight is 447 g/mol. The van der Waals surface area contributed by atoms with Gasteiger partial charge in [-0.1, -0.05) is 36.4 Å². The molecule has 5 rings (SSSR count). The van der Waals surface area contributed by atoms with Gasteiger partial charge in [-0.3, -0.25) is 4.90 Å². The minimum absolute atomic E-state index is 0.147. The van der Waals surface area contributed by atoms with Crippen LogP contribution in [0.4, 0.5) is 14.5 Å². The lowest BCUT2D eigenvalue weighted by atomic mass is 9.97. The van der Waals surface area contributed by atoms with Crippen LogP contribution in [0.3, 0.4) is 0 Å². The number of sulfone groups is 1. The summed E-state index contributed by atoms with van der Waals surface area (Å²) in [7, 11) is -3.27. The molecule has 1 saturated heterocycles. The van der Waals surface area contributed by atoms with Crippen LogP contribution in [0.25, 0.3) is 0 Å². The number of nitrogens with zero attached hydrogens (tertiary/aromatic N) is 2. The first-order valence-electron chi connectivity index (χ1n) is 11.0. The van der Waals surface area contributed by atoms with Gasteiger partial charge >= 0.3 is 0 Å². The Labute approximate surface area is 182 Å². The van der Waals surface area contributed by atoms with Crippen LogP contribution in [-0.2, 0) is 9.84 Å². The molecule has 2 saturated carbocycles. The first-order chi connectivity index (χ1) is 14.7. The summed E-state index contributed by atoms with van der Waals surface area (Å²) in [5, 5.41) is 0. The fourth-order valence-electron chi connectivity index (χ4n) is 5.57. The maximum absolute atomic E-state index is 13.6. The standard InChI is InChI=1S/C24H28F2N2O2S/c1-31(29,30)20-9-5-8-19(14-20)27-10-11-28(23(16-27)18-6-3-2-4-7-18)15-17-12-21-22(13-17)24(21,25)26/h2-9,14,17,21-23H,10-13,15-16H2,1H3/t21-,22-,23+/m0/s1. The molecule has 0 amide bonds. The van der Waals surface area contributed by atoms with Crippen molar-refractivity contribution in [3.8, 4) is 0 Å². The predicted octanol–water partition coefficient (Wildman–Crippen LogP) is 4.24. The Morgan fingerprint density at radius 1 is 1.00 bits per heavy atom. The number of anilines is 1. The van der Waals surface area contributed by atoms with Crippen molar-refractivity contribution in [2.24, 2.45) is 17.8 Å². The van der Waals surface area contributed by atoms with Crippen LogP contribution in [0.5, 0.6) is 0 Å². The lowest BCUT2D eigenvalue weighted by Crippen LogP contribution is -2.49. The van der Waals surface area contributed by atoms with E-state index in [9.17, 15) is 17.2 Å². The van der Waals surface area contributed by atoms with E-state index in [-0.39, 0.29) is 6.04 Å². The Kier molecular flexibility index (Phi) is 5.09. The molecule has 0 radical (unpaired) electrons. The average Bonchev–Trinajstić information content (AvgIpc) is 3.06. The Bertz CT molecular complexity index is 1050. The van der Waals surface area contributed by atoms with Crippen LogP contribution in [0.2, 0.25) is 0 Å². The minimum Gasteiger partial charge on any atom is -0.368 e. The topological polar surface area (TPSA) is 40.6 Å². The van der Waals surface area contributed by atoms with Crippen LogP contribution in [0.15, 0.2) is 59.5 Å². The van der Waals surface area contributed by atoms with Crippen molar-refractivity contribution in [1.82, 2.24) is 4.90 Å². The second kappa shape index (κ2) is 7.55. The van der Waals surface area contributed by atoms with E-state index in [1.54, 1.807) is 18.2 Å². The summed E-state index contributed by atoms with van der Waals surface area (Å²) in [6.07, 6.45) is 2.50. The third-order valence-corrected chi connectivity index (χ3v) is 8.43. The maximum Gasteiger partial charge on any atom is 0.254 e. The van der Waals surface area contributed by atoms with Crippen LogP contribution < -0.4 is 4.90 Å². The summed E-state index contributed by atoms with van der Waals surface area (Å²) in [4.78, 5) is 5.01. The summed E-state index contributed by atoms with van der Waals surface area (Å²) >= 11 is 0. The molecule has 31 heavy (non-hydrogen) atoms. The lowest BCUT2D eigenvalue weighted by Gasteiger charge is -2.44. The van der Waals surface area contributed by atoms with Gasteiger partial charge in [-0.15, -0.1) is 0 Å². The molecule has 0 spiro atoms. The molecule has 2 aromatic carbocycles. The van der Waals surface area contributed by atoms with Gasteiger partial charge in [0, 0.05) is 50.0 Å². The van der Waals surface area contributed by atoms with Gasteiger partial charge in [0.15, 0.2) is 9.84 Å². The number of hydrogen-bond donors (Lipinski definition) is 0. The molecule has 3 fully saturated rings. The number of piperazine rings is 1. The maximum atomic E-state index is 13.6. The van der Waals surface area contributed by atoms with E-state index in [0.717, 1.165) is 31.9 Å². The van der Waals surface area contributed by atoms with Crippen molar-refractivity contribution in [2.75, 3.05) is 37.3 Å². The van der Waals surface area contributed by atoms with Gasteiger partial charge in [-0.2, -0.15) is 0 Å². The highest BCUT2D eigenvalue weighted by Crippen LogP contribution is 2.65. The Morgan fingerprint density at radius 3 is 2.39 bits per heavy atom. The fourth-order valence-corrected chi connectivity index (χ4v) is 6.23. The van der Waals surface area contributed by atoms with Crippen molar-refractivity contribution in [3.63, 3.8) is 0 Å². The van der Waals surface area contributed by atoms with Gasteiger partial charge in [-0.05, 0) is 42.5 Å². The number of halogens is 2. The van der Waals surface area contributed by atoms with Gasteiger partial charge in [0.05, 0.1) is 10.9 Å². The van der Waals surface area contributed by atoms with Crippen molar-refractivity contribution < 1.29 is 17.2 Å². The Balaban J connectivity index is 1.35. The third-order valence-electron chi connectivity index (χ3n) is 7.32. The van der Waals surface area contributed by atoms with Gasteiger partial charge in [0.25, 0.3) is 5.92 Å². The van der Waals surface area contributed by atoms with Crippen molar-refractivity contribution in [1.29, 1.82) is 0 Å². The van der Waals surface area contributed by atoms with Gasteiger partial charge in [-0.25, -0.2) is 17.2 Å². The molecule has 7 heteroatoms. The van der Waals surface area contributed by atoms with E-state index in [1.165, 1.54) is 11.8 Å². The van der Waals surface area contributed by atoms with Gasteiger partial charge < -0.3 is 4.90 Å². The van der Waals surface area contributed by atoms with Gasteiger partial charge in [0.2, 0.25) is 0 Å². The van der Waals surface area contributed by atoms with Crippen LogP contribution in [0.1, 0.15) is 24.4 Å². The Morgan fingerprint density at radius 2 is 1.71 bits per heavy atom. The monoisotopic (exact) mass is 446 g/mol. The highest BCUT2D eigenvalue weighted by Gasteiger charge is 2.71. The van der Waals surface area contributed by atoms with Crippen molar-refractivity contribution >= 4 is 15.5 Å². The molecule has 2 aromatic rings. The Hall–Kier alpha value is -1.99. The summed E-state index contributed by atoms with van der Waals surface area (Å²) in [5.74, 6) is -2.88. The molecule has 4 nitrogen and oxygen atoms in total. The molecule has 0 N–H and O–H groups in total. The SMILES string of the molecule is CS(=O)(=O)c1cccc(N2CCN(CC3C[C@H]4[C@H](C3)C4(F)F)[C@@H](c3ccccc3)C2)c1. The van der Waals surface area contributed by atoms with Crippen LogP contribution in [-0.4, -0.2) is 51.7 Å².